The number of nitrogens with zero attached hydrogens (tertiary/aromatic N) is 2. The topological polar surface area (TPSA) is 107 Å². The second kappa shape index (κ2) is 6.21. The summed E-state index contributed by atoms with van der Waals surface area (Å²) in [5, 5.41) is 16.5. The zero-order valence-corrected chi connectivity index (χ0v) is 13.6. The molecule has 1 atom stereocenters. The van der Waals surface area contributed by atoms with E-state index in [2.05, 4.69) is 0 Å². The Labute approximate surface area is 139 Å². The normalized spacial score (nSPS) is 17.9. The average Bonchev–Trinajstić information content (AvgIpc) is 3.03. The van der Waals surface area contributed by atoms with E-state index in [1.807, 2.05) is 35.2 Å². The molecule has 0 spiro atoms. The summed E-state index contributed by atoms with van der Waals surface area (Å²) in [6.07, 6.45) is 1.80. The van der Waals surface area contributed by atoms with Gasteiger partial charge in [0.1, 0.15) is 5.69 Å². The first-order valence-corrected chi connectivity index (χ1v) is 9.05. The molecular weight excluding hydrogens is 330 g/mol. The Morgan fingerprint density at radius 1 is 1.17 bits per heavy atom. The van der Waals surface area contributed by atoms with Crippen LogP contribution in [0.5, 0.6) is 0 Å². The molecule has 7 nitrogen and oxygen atoms in total. The van der Waals surface area contributed by atoms with Gasteiger partial charge in [0.05, 0.1) is 15.9 Å². The van der Waals surface area contributed by atoms with E-state index in [9.17, 15) is 18.5 Å². The highest BCUT2D eigenvalue weighted by Crippen LogP contribution is 2.40. The molecule has 2 aromatic carbocycles. The second-order valence-corrected chi connectivity index (χ2v) is 7.28. The van der Waals surface area contributed by atoms with Crippen molar-refractivity contribution in [2.75, 3.05) is 11.4 Å². The standard InChI is InChI=1S/C16H17N3O4S/c17-24(22,23)13-8-9-15(16(11-13)19(20)21)18-10-4-7-14(18)12-5-2-1-3-6-12/h1-3,5-6,8-9,11,14H,4,7,10H2,(H2,17,22,23)/t14-/m0/s1. The van der Waals surface area contributed by atoms with Gasteiger partial charge in [-0.2, -0.15) is 0 Å². The molecule has 8 heteroatoms. The van der Waals surface area contributed by atoms with Crippen LogP contribution in [0, 0.1) is 10.1 Å². The highest BCUT2D eigenvalue weighted by Gasteiger charge is 2.31. The van der Waals surface area contributed by atoms with E-state index in [1.54, 1.807) is 0 Å². The van der Waals surface area contributed by atoms with Gasteiger partial charge in [-0.15, -0.1) is 0 Å². The molecule has 0 aliphatic carbocycles. The molecule has 1 aliphatic rings. The number of nitro benzene ring substituents is 1. The summed E-state index contributed by atoms with van der Waals surface area (Å²) in [4.78, 5) is 12.6. The molecule has 0 bridgehead atoms. The third-order valence-corrected chi connectivity index (χ3v) is 5.13. The van der Waals surface area contributed by atoms with Crippen molar-refractivity contribution in [1.29, 1.82) is 0 Å². The quantitative estimate of drug-likeness (QED) is 0.676. The third kappa shape index (κ3) is 3.10. The van der Waals surface area contributed by atoms with Crippen molar-refractivity contribution in [2.24, 2.45) is 5.14 Å². The number of sulfonamides is 1. The van der Waals surface area contributed by atoms with Crippen LogP contribution in [-0.4, -0.2) is 19.9 Å². The Morgan fingerprint density at radius 2 is 1.88 bits per heavy atom. The van der Waals surface area contributed by atoms with Crippen molar-refractivity contribution < 1.29 is 13.3 Å². The van der Waals surface area contributed by atoms with Crippen LogP contribution in [0.15, 0.2) is 53.4 Å². The molecule has 2 N–H and O–H groups in total. The van der Waals surface area contributed by atoms with E-state index in [0.29, 0.717) is 12.2 Å². The molecule has 1 saturated heterocycles. The van der Waals surface area contributed by atoms with Gasteiger partial charge < -0.3 is 4.90 Å². The Kier molecular flexibility index (Phi) is 4.25. The first-order chi connectivity index (χ1) is 11.4. The molecule has 1 aliphatic heterocycles. The Hall–Kier alpha value is -2.45. The summed E-state index contributed by atoms with van der Waals surface area (Å²) >= 11 is 0. The fourth-order valence-corrected chi connectivity index (χ4v) is 3.68. The molecular formula is C16H17N3O4S. The maximum atomic E-state index is 11.5. The smallest absolute Gasteiger partial charge is 0.293 e. The highest BCUT2D eigenvalue weighted by molar-refractivity contribution is 7.89. The molecule has 2 aromatic rings. The summed E-state index contributed by atoms with van der Waals surface area (Å²) < 4.78 is 22.9. The Bertz CT molecular complexity index is 868. The summed E-state index contributed by atoms with van der Waals surface area (Å²) in [6, 6.07) is 13.6. The average molecular weight is 347 g/mol. The van der Waals surface area contributed by atoms with Gasteiger partial charge >= 0.3 is 0 Å². The van der Waals surface area contributed by atoms with E-state index in [1.165, 1.54) is 12.1 Å². The Morgan fingerprint density at radius 3 is 2.50 bits per heavy atom. The van der Waals surface area contributed by atoms with Gasteiger partial charge in [0.25, 0.3) is 5.69 Å². The molecule has 3 rings (SSSR count). The van der Waals surface area contributed by atoms with Gasteiger partial charge in [0.15, 0.2) is 0 Å². The number of hydrogen-bond acceptors (Lipinski definition) is 5. The zero-order valence-electron chi connectivity index (χ0n) is 12.8. The first kappa shape index (κ1) is 16.4. The van der Waals surface area contributed by atoms with Crippen molar-refractivity contribution >= 4 is 21.4 Å². The van der Waals surface area contributed by atoms with E-state index in [4.69, 9.17) is 5.14 Å². The SMILES string of the molecule is NS(=O)(=O)c1ccc(N2CCC[C@H]2c2ccccc2)c([N+](=O)[O-])c1. The number of hydrogen-bond donors (Lipinski definition) is 1. The van der Waals surface area contributed by atoms with Gasteiger partial charge in [-0.3, -0.25) is 10.1 Å². The van der Waals surface area contributed by atoms with Gasteiger partial charge in [-0.1, -0.05) is 30.3 Å². The number of benzene rings is 2. The molecule has 1 fully saturated rings. The van der Waals surface area contributed by atoms with Crippen molar-refractivity contribution in [3.63, 3.8) is 0 Å². The third-order valence-electron chi connectivity index (χ3n) is 4.22. The zero-order chi connectivity index (χ0) is 17.3. The first-order valence-electron chi connectivity index (χ1n) is 7.51. The molecule has 1 heterocycles. The lowest BCUT2D eigenvalue weighted by molar-refractivity contribution is -0.384. The van der Waals surface area contributed by atoms with Crippen LogP contribution >= 0.6 is 0 Å². The maximum Gasteiger partial charge on any atom is 0.293 e. The van der Waals surface area contributed by atoms with Crippen molar-refractivity contribution in [1.82, 2.24) is 0 Å². The molecule has 0 radical (unpaired) electrons. The van der Waals surface area contributed by atoms with Crippen LogP contribution in [0.2, 0.25) is 0 Å². The van der Waals surface area contributed by atoms with Crippen molar-refractivity contribution in [2.45, 2.75) is 23.8 Å². The van der Waals surface area contributed by atoms with Crippen molar-refractivity contribution in [3.8, 4) is 0 Å². The number of anilines is 1. The summed E-state index contributed by atoms with van der Waals surface area (Å²) in [5.74, 6) is 0. The molecule has 0 unspecified atom stereocenters. The molecule has 0 amide bonds. The molecule has 24 heavy (non-hydrogen) atoms. The van der Waals surface area contributed by atoms with Gasteiger partial charge in [-0.05, 0) is 30.5 Å². The van der Waals surface area contributed by atoms with Gasteiger partial charge in [0, 0.05) is 12.6 Å². The van der Waals surface area contributed by atoms with E-state index in [-0.39, 0.29) is 16.6 Å². The monoisotopic (exact) mass is 347 g/mol. The predicted octanol–water partition coefficient (Wildman–Crippen LogP) is 2.58. The molecule has 0 aromatic heterocycles. The number of nitro groups is 1. The van der Waals surface area contributed by atoms with Crippen LogP contribution in [-0.2, 0) is 10.0 Å². The second-order valence-electron chi connectivity index (χ2n) is 5.71. The Balaban J connectivity index is 2.06. The highest BCUT2D eigenvalue weighted by atomic mass is 32.2. The van der Waals surface area contributed by atoms with Crippen LogP contribution in [0.1, 0.15) is 24.4 Å². The summed E-state index contributed by atoms with van der Waals surface area (Å²) in [6.45, 7) is 0.676. The van der Waals surface area contributed by atoms with Crippen LogP contribution in [0.4, 0.5) is 11.4 Å². The minimum atomic E-state index is -3.99. The summed E-state index contributed by atoms with van der Waals surface area (Å²) in [5.41, 5.74) is 1.25. The van der Waals surface area contributed by atoms with E-state index < -0.39 is 14.9 Å². The van der Waals surface area contributed by atoms with Gasteiger partial charge in [-0.25, -0.2) is 13.6 Å². The maximum absolute atomic E-state index is 11.5. The van der Waals surface area contributed by atoms with Crippen molar-refractivity contribution in [3.05, 3.63) is 64.2 Å². The fraction of sp³-hybridized carbons (Fsp3) is 0.250. The minimum Gasteiger partial charge on any atom is -0.359 e. The lowest BCUT2D eigenvalue weighted by atomic mass is 10.0. The molecule has 126 valence electrons. The fourth-order valence-electron chi connectivity index (χ4n) is 3.15. The van der Waals surface area contributed by atoms with E-state index in [0.717, 1.165) is 24.5 Å². The summed E-state index contributed by atoms with van der Waals surface area (Å²) in [7, 11) is -3.99. The van der Waals surface area contributed by atoms with E-state index >= 15 is 0 Å². The minimum absolute atomic E-state index is 0.0326. The number of rotatable bonds is 4. The van der Waals surface area contributed by atoms with Crippen LogP contribution in [0.3, 0.4) is 0 Å². The largest absolute Gasteiger partial charge is 0.359 e. The predicted molar refractivity (Wildman–Crippen MR) is 90.2 cm³/mol. The lowest BCUT2D eigenvalue weighted by Crippen LogP contribution is -2.23. The number of primary sulfonamides is 1. The van der Waals surface area contributed by atoms with Gasteiger partial charge in [0.2, 0.25) is 10.0 Å². The number of nitrogens with two attached hydrogens (primary N) is 1. The van der Waals surface area contributed by atoms with Crippen LogP contribution < -0.4 is 10.0 Å². The van der Waals surface area contributed by atoms with Crippen LogP contribution in [0.25, 0.3) is 0 Å². The lowest BCUT2D eigenvalue weighted by Gasteiger charge is -2.27. The molecule has 0 saturated carbocycles.